The van der Waals surface area contributed by atoms with Gasteiger partial charge in [0, 0.05) is 13.0 Å². The maximum atomic E-state index is 12.0. The summed E-state index contributed by atoms with van der Waals surface area (Å²) in [4.78, 5) is 24.2. The minimum Gasteiger partial charge on any atom is -0.480 e. The molecule has 1 amide bonds. The van der Waals surface area contributed by atoms with Crippen molar-refractivity contribution in [3.63, 3.8) is 0 Å². The largest absolute Gasteiger partial charge is 0.480 e. The van der Waals surface area contributed by atoms with Crippen LogP contribution in [-0.4, -0.2) is 48.1 Å². The highest BCUT2D eigenvalue weighted by molar-refractivity contribution is 5.81. The molecule has 1 unspecified atom stereocenters. The summed E-state index contributed by atoms with van der Waals surface area (Å²) >= 11 is 0. The zero-order chi connectivity index (χ0) is 12.8. The summed E-state index contributed by atoms with van der Waals surface area (Å²) in [7, 11) is 0. The van der Waals surface area contributed by atoms with Gasteiger partial charge in [-0.15, -0.1) is 0 Å². The Labute approximate surface area is 102 Å². The Bertz CT molecular complexity index is 273. The van der Waals surface area contributed by atoms with E-state index in [-0.39, 0.29) is 12.5 Å². The summed E-state index contributed by atoms with van der Waals surface area (Å²) in [5, 5.41) is 12.0. The number of carboxylic acids is 1. The highest BCUT2D eigenvalue weighted by Gasteiger charge is 2.23. The summed E-state index contributed by atoms with van der Waals surface area (Å²) in [6.07, 6.45) is 1.47. The monoisotopic (exact) mass is 242 g/mol. The topological polar surface area (TPSA) is 69.6 Å². The van der Waals surface area contributed by atoms with Crippen LogP contribution in [0.15, 0.2) is 0 Å². The molecule has 0 radical (unpaired) electrons. The molecule has 1 saturated heterocycles. The highest BCUT2D eigenvalue weighted by Crippen LogP contribution is 2.14. The van der Waals surface area contributed by atoms with E-state index in [4.69, 9.17) is 5.11 Å². The first kappa shape index (κ1) is 14.0. The summed E-state index contributed by atoms with van der Waals surface area (Å²) in [6, 6.07) is 0. The molecule has 0 aliphatic carbocycles. The Morgan fingerprint density at radius 2 is 2.18 bits per heavy atom. The molecule has 0 bridgehead atoms. The number of aliphatic carboxylic acids is 1. The Kier molecular flexibility index (Phi) is 5.41. The van der Waals surface area contributed by atoms with Crippen molar-refractivity contribution in [3.8, 4) is 0 Å². The molecule has 98 valence electrons. The molecule has 1 rings (SSSR count). The van der Waals surface area contributed by atoms with Gasteiger partial charge in [0.25, 0.3) is 0 Å². The van der Waals surface area contributed by atoms with E-state index in [0.717, 1.165) is 19.5 Å². The number of amides is 1. The molecule has 5 heteroatoms. The second-order valence-electron chi connectivity index (χ2n) is 5.12. The number of nitrogens with zero attached hydrogens (tertiary/aromatic N) is 1. The summed E-state index contributed by atoms with van der Waals surface area (Å²) < 4.78 is 0. The van der Waals surface area contributed by atoms with Crippen LogP contribution in [0, 0.1) is 11.8 Å². The maximum Gasteiger partial charge on any atom is 0.323 e. The fourth-order valence-corrected chi connectivity index (χ4v) is 2.12. The molecule has 5 nitrogen and oxygen atoms in total. The average molecular weight is 242 g/mol. The van der Waals surface area contributed by atoms with Crippen LogP contribution in [0.2, 0.25) is 0 Å². The Hall–Kier alpha value is -1.10. The lowest BCUT2D eigenvalue weighted by Crippen LogP contribution is -2.39. The standard InChI is InChI=1S/C12H22N2O3/c1-9(2)7-14(8-12(16)17)11(15)5-10-3-4-13-6-10/h9-10,13H,3-8H2,1-2H3,(H,16,17). The summed E-state index contributed by atoms with van der Waals surface area (Å²) in [5.41, 5.74) is 0. The first-order valence-corrected chi connectivity index (χ1v) is 6.19. The molecule has 2 N–H and O–H groups in total. The van der Waals surface area contributed by atoms with Gasteiger partial charge < -0.3 is 15.3 Å². The number of hydrogen-bond donors (Lipinski definition) is 2. The highest BCUT2D eigenvalue weighted by atomic mass is 16.4. The second-order valence-corrected chi connectivity index (χ2v) is 5.12. The minimum absolute atomic E-state index is 0.0326. The van der Waals surface area contributed by atoms with Gasteiger partial charge in [0.05, 0.1) is 0 Å². The van der Waals surface area contributed by atoms with Crippen LogP contribution >= 0.6 is 0 Å². The molecule has 1 fully saturated rings. The van der Waals surface area contributed by atoms with Gasteiger partial charge in [-0.2, -0.15) is 0 Å². The molecule has 0 saturated carbocycles. The van der Waals surface area contributed by atoms with E-state index in [9.17, 15) is 9.59 Å². The number of carbonyl (C=O) groups is 2. The number of carboxylic acid groups (broad SMARTS) is 1. The maximum absolute atomic E-state index is 12.0. The van der Waals surface area contributed by atoms with E-state index in [2.05, 4.69) is 5.32 Å². The van der Waals surface area contributed by atoms with E-state index < -0.39 is 5.97 Å². The smallest absolute Gasteiger partial charge is 0.323 e. The quantitative estimate of drug-likeness (QED) is 0.714. The molecule has 0 aromatic rings. The minimum atomic E-state index is -0.941. The van der Waals surface area contributed by atoms with Gasteiger partial charge in [0.2, 0.25) is 5.91 Å². The van der Waals surface area contributed by atoms with Crippen LogP contribution in [0.4, 0.5) is 0 Å². The number of rotatable bonds is 6. The van der Waals surface area contributed by atoms with Gasteiger partial charge in [-0.25, -0.2) is 0 Å². The van der Waals surface area contributed by atoms with Gasteiger partial charge in [-0.1, -0.05) is 13.8 Å². The lowest BCUT2D eigenvalue weighted by Gasteiger charge is -2.24. The summed E-state index contributed by atoms with van der Waals surface area (Å²) in [6.45, 7) is 6.14. The molecule has 1 aliphatic rings. The molecule has 0 aromatic carbocycles. The predicted molar refractivity (Wildman–Crippen MR) is 64.6 cm³/mol. The molecule has 1 atom stereocenters. The lowest BCUT2D eigenvalue weighted by molar-refractivity contribution is -0.145. The van der Waals surface area contributed by atoms with Crippen LogP contribution in [0.1, 0.15) is 26.7 Å². The number of hydrogen-bond acceptors (Lipinski definition) is 3. The molecule has 1 aliphatic heterocycles. The van der Waals surface area contributed by atoms with E-state index in [0.29, 0.717) is 24.8 Å². The van der Waals surface area contributed by atoms with Gasteiger partial charge in [0.1, 0.15) is 6.54 Å². The first-order chi connectivity index (χ1) is 7.99. The van der Waals surface area contributed by atoms with Gasteiger partial charge in [-0.05, 0) is 31.3 Å². The first-order valence-electron chi connectivity index (χ1n) is 6.19. The van der Waals surface area contributed by atoms with Crippen molar-refractivity contribution in [2.45, 2.75) is 26.7 Å². The van der Waals surface area contributed by atoms with E-state index in [1.165, 1.54) is 4.90 Å². The van der Waals surface area contributed by atoms with Crippen molar-refractivity contribution in [1.29, 1.82) is 0 Å². The van der Waals surface area contributed by atoms with E-state index in [1.807, 2.05) is 13.8 Å². The molecule has 1 heterocycles. The SMILES string of the molecule is CC(C)CN(CC(=O)O)C(=O)CC1CCNC1. The predicted octanol–water partition coefficient (Wildman–Crippen LogP) is 0.555. The average Bonchev–Trinajstić information content (AvgIpc) is 2.67. The lowest BCUT2D eigenvalue weighted by atomic mass is 10.0. The van der Waals surface area contributed by atoms with Crippen molar-refractivity contribution in [3.05, 3.63) is 0 Å². The van der Waals surface area contributed by atoms with Crippen LogP contribution in [0.25, 0.3) is 0 Å². The Balaban J connectivity index is 2.48. The summed E-state index contributed by atoms with van der Waals surface area (Å²) in [5.74, 6) is -0.315. The van der Waals surface area contributed by atoms with Crippen LogP contribution in [0.5, 0.6) is 0 Å². The molecule has 0 aromatic heterocycles. The number of nitrogens with one attached hydrogen (secondary N) is 1. The molecule has 0 spiro atoms. The Morgan fingerprint density at radius 3 is 2.65 bits per heavy atom. The van der Waals surface area contributed by atoms with Crippen molar-refractivity contribution in [2.75, 3.05) is 26.2 Å². The number of carbonyl (C=O) groups excluding carboxylic acids is 1. The van der Waals surface area contributed by atoms with Gasteiger partial charge >= 0.3 is 5.97 Å². The van der Waals surface area contributed by atoms with Crippen molar-refractivity contribution in [2.24, 2.45) is 11.8 Å². The third-order valence-corrected chi connectivity index (χ3v) is 2.89. The zero-order valence-corrected chi connectivity index (χ0v) is 10.6. The van der Waals surface area contributed by atoms with E-state index >= 15 is 0 Å². The zero-order valence-electron chi connectivity index (χ0n) is 10.6. The van der Waals surface area contributed by atoms with Crippen molar-refractivity contribution in [1.82, 2.24) is 10.2 Å². The third-order valence-electron chi connectivity index (χ3n) is 2.89. The second kappa shape index (κ2) is 6.59. The fraction of sp³-hybridized carbons (Fsp3) is 0.833. The van der Waals surface area contributed by atoms with Crippen molar-refractivity contribution < 1.29 is 14.7 Å². The molecular weight excluding hydrogens is 220 g/mol. The van der Waals surface area contributed by atoms with Gasteiger partial charge in [0.15, 0.2) is 0 Å². The van der Waals surface area contributed by atoms with Crippen LogP contribution in [0.3, 0.4) is 0 Å². The normalized spacial score (nSPS) is 19.6. The molecule has 17 heavy (non-hydrogen) atoms. The van der Waals surface area contributed by atoms with Crippen LogP contribution < -0.4 is 5.32 Å². The van der Waals surface area contributed by atoms with Gasteiger partial charge in [-0.3, -0.25) is 9.59 Å². The Morgan fingerprint density at radius 1 is 1.47 bits per heavy atom. The van der Waals surface area contributed by atoms with Crippen LogP contribution in [-0.2, 0) is 9.59 Å². The fourth-order valence-electron chi connectivity index (χ4n) is 2.12. The molecular formula is C12H22N2O3. The third kappa shape index (κ3) is 5.17. The van der Waals surface area contributed by atoms with E-state index in [1.54, 1.807) is 0 Å². The van der Waals surface area contributed by atoms with Crippen molar-refractivity contribution >= 4 is 11.9 Å².